The van der Waals surface area contributed by atoms with Crippen molar-refractivity contribution in [1.29, 1.82) is 0 Å². The summed E-state index contributed by atoms with van der Waals surface area (Å²) in [5.41, 5.74) is 0.493. The molecule has 1 unspecified atom stereocenters. The van der Waals surface area contributed by atoms with Gasteiger partial charge in [-0.25, -0.2) is 4.98 Å². The van der Waals surface area contributed by atoms with Crippen molar-refractivity contribution in [3.8, 4) is 0 Å². The summed E-state index contributed by atoms with van der Waals surface area (Å²) in [4.78, 5) is 18.9. The van der Waals surface area contributed by atoms with Gasteiger partial charge in [0.05, 0.1) is 0 Å². The highest BCUT2D eigenvalue weighted by Gasteiger charge is 2.19. The molecule has 1 atom stereocenters. The number of benzene rings is 1. The van der Waals surface area contributed by atoms with Crippen molar-refractivity contribution in [3.63, 3.8) is 0 Å². The standard InChI is InChI=1S/C17H23N3O/c1-5-12(3)20(4)17(21)15-11-13-9-7-8-10-14(13)16(19-15)18-6-2/h7-12H,5-6H2,1-4H3,(H,18,19). The van der Waals surface area contributed by atoms with Crippen LogP contribution in [-0.2, 0) is 0 Å². The average Bonchev–Trinajstić information content (AvgIpc) is 2.52. The van der Waals surface area contributed by atoms with Crippen LogP contribution in [-0.4, -0.2) is 35.4 Å². The maximum atomic E-state index is 12.6. The van der Waals surface area contributed by atoms with E-state index in [2.05, 4.69) is 17.2 Å². The topological polar surface area (TPSA) is 45.2 Å². The first-order valence-corrected chi connectivity index (χ1v) is 7.49. The van der Waals surface area contributed by atoms with E-state index in [-0.39, 0.29) is 11.9 Å². The lowest BCUT2D eigenvalue weighted by atomic mass is 10.1. The highest BCUT2D eigenvalue weighted by Crippen LogP contribution is 2.23. The number of nitrogens with zero attached hydrogens (tertiary/aromatic N) is 2. The van der Waals surface area contributed by atoms with Gasteiger partial charge in [0.2, 0.25) is 0 Å². The molecule has 1 aromatic carbocycles. The first-order valence-electron chi connectivity index (χ1n) is 7.49. The maximum Gasteiger partial charge on any atom is 0.272 e. The van der Waals surface area contributed by atoms with Gasteiger partial charge in [-0.15, -0.1) is 0 Å². The molecular weight excluding hydrogens is 262 g/mol. The van der Waals surface area contributed by atoms with Gasteiger partial charge in [0, 0.05) is 25.0 Å². The minimum Gasteiger partial charge on any atom is -0.370 e. The quantitative estimate of drug-likeness (QED) is 0.914. The zero-order chi connectivity index (χ0) is 15.4. The van der Waals surface area contributed by atoms with Gasteiger partial charge in [0.15, 0.2) is 0 Å². The summed E-state index contributed by atoms with van der Waals surface area (Å²) in [6, 6.07) is 10.1. The SMILES string of the molecule is CCNc1nc(C(=O)N(C)C(C)CC)cc2ccccc12. The van der Waals surface area contributed by atoms with E-state index < -0.39 is 0 Å². The van der Waals surface area contributed by atoms with E-state index >= 15 is 0 Å². The molecule has 2 aromatic rings. The van der Waals surface area contributed by atoms with Crippen molar-refractivity contribution in [3.05, 3.63) is 36.0 Å². The van der Waals surface area contributed by atoms with Gasteiger partial charge in [0.25, 0.3) is 5.91 Å². The van der Waals surface area contributed by atoms with Crippen LogP contribution in [0.1, 0.15) is 37.7 Å². The average molecular weight is 285 g/mol. The Hall–Kier alpha value is -2.10. The molecule has 4 nitrogen and oxygen atoms in total. The number of hydrogen-bond donors (Lipinski definition) is 1. The van der Waals surface area contributed by atoms with Gasteiger partial charge in [-0.3, -0.25) is 4.79 Å². The summed E-state index contributed by atoms with van der Waals surface area (Å²) in [5, 5.41) is 5.32. The number of carbonyl (C=O) groups is 1. The van der Waals surface area contributed by atoms with Crippen LogP contribution in [0, 0.1) is 0 Å². The second-order valence-corrected chi connectivity index (χ2v) is 5.28. The minimum absolute atomic E-state index is 0.0331. The lowest BCUT2D eigenvalue weighted by Gasteiger charge is -2.23. The fourth-order valence-corrected chi connectivity index (χ4v) is 2.27. The number of carbonyl (C=O) groups excluding carboxylic acids is 1. The predicted molar refractivity (Wildman–Crippen MR) is 87.8 cm³/mol. The van der Waals surface area contributed by atoms with Crippen molar-refractivity contribution in [2.24, 2.45) is 0 Å². The number of amides is 1. The first kappa shape index (κ1) is 15.3. The van der Waals surface area contributed by atoms with E-state index in [1.54, 1.807) is 4.90 Å². The number of anilines is 1. The van der Waals surface area contributed by atoms with Gasteiger partial charge < -0.3 is 10.2 Å². The molecule has 0 radical (unpaired) electrons. The highest BCUT2D eigenvalue weighted by atomic mass is 16.2. The molecule has 0 aliphatic carbocycles. The van der Waals surface area contributed by atoms with E-state index in [1.807, 2.05) is 51.2 Å². The maximum absolute atomic E-state index is 12.6. The van der Waals surface area contributed by atoms with Gasteiger partial charge in [-0.1, -0.05) is 31.2 Å². The monoisotopic (exact) mass is 285 g/mol. The summed E-state index contributed by atoms with van der Waals surface area (Å²) in [6.07, 6.45) is 0.926. The molecule has 0 spiro atoms. The number of pyridine rings is 1. The lowest BCUT2D eigenvalue weighted by Crippen LogP contribution is -2.35. The van der Waals surface area contributed by atoms with Gasteiger partial charge >= 0.3 is 0 Å². The molecule has 1 heterocycles. The largest absolute Gasteiger partial charge is 0.370 e. The van der Waals surface area contributed by atoms with Gasteiger partial charge in [-0.2, -0.15) is 0 Å². The van der Waals surface area contributed by atoms with Gasteiger partial charge in [-0.05, 0) is 31.7 Å². The molecule has 4 heteroatoms. The molecular formula is C17H23N3O. The van der Waals surface area contributed by atoms with Crippen LogP contribution < -0.4 is 5.32 Å². The Kier molecular flexibility index (Phi) is 4.78. The van der Waals surface area contributed by atoms with E-state index in [0.29, 0.717) is 5.69 Å². The molecule has 0 saturated heterocycles. The fourth-order valence-electron chi connectivity index (χ4n) is 2.27. The summed E-state index contributed by atoms with van der Waals surface area (Å²) in [5.74, 6) is 0.741. The van der Waals surface area contributed by atoms with Crippen LogP contribution in [0.2, 0.25) is 0 Å². The van der Waals surface area contributed by atoms with Crippen LogP contribution in [0.25, 0.3) is 10.8 Å². The summed E-state index contributed by atoms with van der Waals surface area (Å²) in [6.45, 7) is 6.92. The zero-order valence-electron chi connectivity index (χ0n) is 13.2. The third-order valence-corrected chi connectivity index (χ3v) is 3.88. The molecule has 0 bridgehead atoms. The smallest absolute Gasteiger partial charge is 0.272 e. The van der Waals surface area contributed by atoms with Crippen LogP contribution >= 0.6 is 0 Å². The van der Waals surface area contributed by atoms with Crippen molar-refractivity contribution >= 4 is 22.5 Å². The van der Waals surface area contributed by atoms with E-state index in [4.69, 9.17) is 0 Å². The summed E-state index contributed by atoms with van der Waals surface area (Å²) >= 11 is 0. The Balaban J connectivity index is 2.47. The lowest BCUT2D eigenvalue weighted by molar-refractivity contribution is 0.0735. The second kappa shape index (κ2) is 6.57. The van der Waals surface area contributed by atoms with Crippen molar-refractivity contribution in [2.75, 3.05) is 18.9 Å². The number of rotatable bonds is 5. The first-order chi connectivity index (χ1) is 10.1. The molecule has 1 amide bonds. The number of nitrogens with one attached hydrogen (secondary N) is 1. The molecule has 2 rings (SSSR count). The molecule has 0 aliphatic heterocycles. The summed E-state index contributed by atoms with van der Waals surface area (Å²) in [7, 11) is 1.83. The Morgan fingerprint density at radius 1 is 1.33 bits per heavy atom. The highest BCUT2D eigenvalue weighted by molar-refractivity contribution is 6.00. The second-order valence-electron chi connectivity index (χ2n) is 5.28. The van der Waals surface area contributed by atoms with Gasteiger partial charge in [0.1, 0.15) is 11.5 Å². The van der Waals surface area contributed by atoms with E-state index in [1.165, 1.54) is 0 Å². The third kappa shape index (κ3) is 3.15. The molecule has 0 fully saturated rings. The fraction of sp³-hybridized carbons (Fsp3) is 0.412. The number of hydrogen-bond acceptors (Lipinski definition) is 3. The molecule has 0 aliphatic rings. The summed E-state index contributed by atoms with van der Waals surface area (Å²) < 4.78 is 0. The minimum atomic E-state index is -0.0331. The van der Waals surface area contributed by atoms with Crippen molar-refractivity contribution < 1.29 is 4.79 Å². The molecule has 112 valence electrons. The zero-order valence-corrected chi connectivity index (χ0v) is 13.2. The predicted octanol–water partition coefficient (Wildman–Crippen LogP) is 3.54. The number of fused-ring (bicyclic) bond motifs is 1. The Morgan fingerprint density at radius 3 is 2.71 bits per heavy atom. The van der Waals surface area contributed by atoms with E-state index in [0.717, 1.165) is 29.6 Å². The Morgan fingerprint density at radius 2 is 2.05 bits per heavy atom. The van der Waals surface area contributed by atoms with Crippen LogP contribution in [0.4, 0.5) is 5.82 Å². The van der Waals surface area contributed by atoms with Crippen LogP contribution in [0.5, 0.6) is 0 Å². The molecule has 21 heavy (non-hydrogen) atoms. The van der Waals surface area contributed by atoms with Crippen molar-refractivity contribution in [1.82, 2.24) is 9.88 Å². The van der Waals surface area contributed by atoms with Crippen molar-refractivity contribution in [2.45, 2.75) is 33.2 Å². The third-order valence-electron chi connectivity index (χ3n) is 3.88. The van der Waals surface area contributed by atoms with Crippen LogP contribution in [0.3, 0.4) is 0 Å². The Bertz CT molecular complexity index is 639. The number of aromatic nitrogens is 1. The normalized spacial score (nSPS) is 12.2. The van der Waals surface area contributed by atoms with E-state index in [9.17, 15) is 4.79 Å². The molecule has 1 N–H and O–H groups in total. The molecule has 1 aromatic heterocycles. The Labute approximate surface area is 126 Å². The molecule has 0 saturated carbocycles. The van der Waals surface area contributed by atoms with Crippen LogP contribution in [0.15, 0.2) is 30.3 Å².